The first-order valence-electron chi connectivity index (χ1n) is 8.86. The van der Waals surface area contributed by atoms with Crippen molar-refractivity contribution in [2.75, 3.05) is 23.7 Å². The van der Waals surface area contributed by atoms with E-state index in [1.165, 1.54) is 6.20 Å². The van der Waals surface area contributed by atoms with Gasteiger partial charge in [0.1, 0.15) is 5.82 Å². The SMILES string of the molecule is CCNC(=O)Nc1nc2c(s1)C(=O)C(C(=O)c1ccc(NCC)nc1)CC2. The standard InChI is InChI=1S/C18H21N5O3S/c1-3-19-13-8-5-10(9-21-13)14(24)11-6-7-12-16(15(11)25)27-18(22-12)23-17(26)20-4-2/h5,8-9,11H,3-4,6-7H2,1-2H3,(H,19,21)(H2,20,22,23,26). The van der Waals surface area contributed by atoms with Crippen LogP contribution in [0.4, 0.5) is 15.7 Å². The molecule has 1 aliphatic carbocycles. The highest BCUT2D eigenvalue weighted by atomic mass is 32.1. The Labute approximate surface area is 160 Å². The fourth-order valence-corrected chi connectivity index (χ4v) is 3.92. The molecule has 0 bridgehead atoms. The van der Waals surface area contributed by atoms with Crippen molar-refractivity contribution in [3.63, 3.8) is 0 Å². The lowest BCUT2D eigenvalue weighted by atomic mass is 9.84. The van der Waals surface area contributed by atoms with E-state index in [1.807, 2.05) is 13.8 Å². The lowest BCUT2D eigenvalue weighted by molar-refractivity contribution is 0.0792. The van der Waals surface area contributed by atoms with Crippen molar-refractivity contribution in [3.8, 4) is 0 Å². The number of urea groups is 1. The molecule has 142 valence electrons. The molecule has 3 rings (SSSR count). The van der Waals surface area contributed by atoms with E-state index < -0.39 is 5.92 Å². The van der Waals surface area contributed by atoms with Crippen LogP contribution < -0.4 is 16.0 Å². The van der Waals surface area contributed by atoms with Crippen LogP contribution in [0.15, 0.2) is 18.3 Å². The molecule has 0 saturated carbocycles. The summed E-state index contributed by atoms with van der Waals surface area (Å²) >= 11 is 1.11. The smallest absolute Gasteiger partial charge is 0.321 e. The van der Waals surface area contributed by atoms with Crippen molar-refractivity contribution in [1.82, 2.24) is 15.3 Å². The van der Waals surface area contributed by atoms with E-state index in [2.05, 4.69) is 25.9 Å². The molecule has 8 nitrogen and oxygen atoms in total. The predicted molar refractivity (Wildman–Crippen MR) is 104 cm³/mol. The van der Waals surface area contributed by atoms with Crippen LogP contribution in [0.2, 0.25) is 0 Å². The van der Waals surface area contributed by atoms with Crippen molar-refractivity contribution in [3.05, 3.63) is 34.5 Å². The molecule has 0 aromatic carbocycles. The molecule has 3 N–H and O–H groups in total. The van der Waals surface area contributed by atoms with Crippen molar-refractivity contribution in [2.45, 2.75) is 26.7 Å². The first-order valence-corrected chi connectivity index (χ1v) is 9.68. The van der Waals surface area contributed by atoms with Crippen LogP contribution in [-0.4, -0.2) is 40.7 Å². The molecule has 9 heteroatoms. The first kappa shape index (κ1) is 19.0. The number of pyridine rings is 1. The van der Waals surface area contributed by atoms with Gasteiger partial charge in [-0.1, -0.05) is 11.3 Å². The quantitative estimate of drug-likeness (QED) is 0.519. The third-order valence-corrected chi connectivity index (χ3v) is 5.22. The van der Waals surface area contributed by atoms with Gasteiger partial charge in [-0.2, -0.15) is 0 Å². The molecular formula is C18H21N5O3S. The zero-order valence-corrected chi connectivity index (χ0v) is 16.0. The van der Waals surface area contributed by atoms with Crippen LogP contribution in [0.25, 0.3) is 0 Å². The Balaban J connectivity index is 1.74. The number of aryl methyl sites for hydroxylation is 1. The Morgan fingerprint density at radius 2 is 2.07 bits per heavy atom. The summed E-state index contributed by atoms with van der Waals surface area (Å²) in [5.74, 6) is -0.511. The number of aromatic nitrogens is 2. The summed E-state index contributed by atoms with van der Waals surface area (Å²) in [6.07, 6.45) is 2.43. The minimum absolute atomic E-state index is 0.229. The number of Topliss-reactive ketones (excluding diaryl/α,β-unsaturated/α-hetero) is 2. The second-order valence-corrected chi connectivity index (χ2v) is 7.06. The number of carbonyl (C=O) groups excluding carboxylic acids is 3. The molecule has 1 aliphatic rings. The number of hydrogen-bond donors (Lipinski definition) is 3. The molecule has 2 heterocycles. The van der Waals surface area contributed by atoms with Gasteiger partial charge >= 0.3 is 6.03 Å². The van der Waals surface area contributed by atoms with E-state index in [0.717, 1.165) is 17.9 Å². The number of anilines is 2. The predicted octanol–water partition coefficient (Wildman–Crippen LogP) is 2.74. The molecule has 0 radical (unpaired) electrons. The minimum atomic E-state index is -0.734. The lowest BCUT2D eigenvalue weighted by Crippen LogP contribution is -2.29. The number of fused-ring (bicyclic) bond motifs is 1. The average molecular weight is 387 g/mol. The van der Waals surface area contributed by atoms with Gasteiger partial charge in [0.25, 0.3) is 0 Å². The Bertz CT molecular complexity index is 862. The van der Waals surface area contributed by atoms with Crippen LogP contribution in [0.1, 0.15) is 46.0 Å². The van der Waals surface area contributed by atoms with Gasteiger partial charge in [0, 0.05) is 24.8 Å². The lowest BCUT2D eigenvalue weighted by Gasteiger charge is -2.18. The first-order chi connectivity index (χ1) is 13.0. The molecular weight excluding hydrogens is 366 g/mol. The number of amides is 2. The fourth-order valence-electron chi connectivity index (χ4n) is 2.92. The number of carbonyl (C=O) groups is 3. The van der Waals surface area contributed by atoms with Gasteiger partial charge in [0.2, 0.25) is 0 Å². The third kappa shape index (κ3) is 4.13. The second-order valence-electron chi connectivity index (χ2n) is 6.06. The van der Waals surface area contributed by atoms with Crippen LogP contribution in [0, 0.1) is 5.92 Å². The third-order valence-electron chi connectivity index (χ3n) is 4.19. The Morgan fingerprint density at radius 1 is 1.26 bits per heavy atom. The number of nitrogens with one attached hydrogen (secondary N) is 3. The average Bonchev–Trinajstić information content (AvgIpc) is 3.06. The summed E-state index contributed by atoms with van der Waals surface area (Å²) in [5.41, 5.74) is 1.06. The van der Waals surface area contributed by atoms with Gasteiger partial charge in [-0.05, 0) is 38.8 Å². The van der Waals surface area contributed by atoms with Gasteiger partial charge in [0.15, 0.2) is 16.7 Å². The van der Waals surface area contributed by atoms with E-state index in [0.29, 0.717) is 46.5 Å². The molecule has 0 saturated heterocycles. The highest BCUT2D eigenvalue weighted by Gasteiger charge is 2.36. The van der Waals surface area contributed by atoms with E-state index in [9.17, 15) is 14.4 Å². The van der Waals surface area contributed by atoms with E-state index in [1.54, 1.807) is 12.1 Å². The Kier molecular flexibility index (Phi) is 5.80. The Morgan fingerprint density at radius 3 is 2.74 bits per heavy atom. The zero-order valence-electron chi connectivity index (χ0n) is 15.2. The molecule has 1 unspecified atom stereocenters. The van der Waals surface area contributed by atoms with Gasteiger partial charge < -0.3 is 10.6 Å². The topological polar surface area (TPSA) is 113 Å². The molecule has 0 fully saturated rings. The molecule has 2 aromatic heterocycles. The maximum atomic E-state index is 12.8. The fraction of sp³-hybridized carbons (Fsp3) is 0.389. The summed E-state index contributed by atoms with van der Waals surface area (Å²) in [7, 11) is 0. The summed E-state index contributed by atoms with van der Waals surface area (Å²) in [5, 5.41) is 8.66. The molecule has 2 aromatic rings. The monoisotopic (exact) mass is 387 g/mol. The van der Waals surface area contributed by atoms with Crippen molar-refractivity contribution in [2.24, 2.45) is 5.92 Å². The van der Waals surface area contributed by atoms with Gasteiger partial charge in [-0.15, -0.1) is 0 Å². The highest BCUT2D eigenvalue weighted by Crippen LogP contribution is 2.33. The van der Waals surface area contributed by atoms with Crippen molar-refractivity contribution >= 4 is 39.9 Å². The number of ketones is 2. The normalized spacial score (nSPS) is 15.8. The molecule has 27 heavy (non-hydrogen) atoms. The van der Waals surface area contributed by atoms with Crippen LogP contribution in [-0.2, 0) is 6.42 Å². The molecule has 0 spiro atoms. The zero-order chi connectivity index (χ0) is 19.4. The van der Waals surface area contributed by atoms with Crippen LogP contribution in [0.3, 0.4) is 0 Å². The largest absolute Gasteiger partial charge is 0.370 e. The van der Waals surface area contributed by atoms with Gasteiger partial charge in [0.05, 0.1) is 16.5 Å². The van der Waals surface area contributed by atoms with Crippen molar-refractivity contribution in [1.29, 1.82) is 0 Å². The molecule has 0 aliphatic heterocycles. The van der Waals surface area contributed by atoms with Gasteiger partial charge in [-0.3, -0.25) is 14.9 Å². The Hall–Kier alpha value is -2.81. The number of rotatable bonds is 6. The summed E-state index contributed by atoms with van der Waals surface area (Å²) in [6.45, 7) is 5.00. The second kappa shape index (κ2) is 8.26. The minimum Gasteiger partial charge on any atom is -0.370 e. The highest BCUT2D eigenvalue weighted by molar-refractivity contribution is 7.17. The number of hydrogen-bond acceptors (Lipinski definition) is 7. The van der Waals surface area contributed by atoms with Crippen LogP contribution in [0.5, 0.6) is 0 Å². The van der Waals surface area contributed by atoms with Gasteiger partial charge in [-0.25, -0.2) is 14.8 Å². The summed E-state index contributed by atoms with van der Waals surface area (Å²) < 4.78 is 0. The van der Waals surface area contributed by atoms with Crippen molar-refractivity contribution < 1.29 is 14.4 Å². The van der Waals surface area contributed by atoms with Crippen LogP contribution >= 0.6 is 11.3 Å². The maximum Gasteiger partial charge on any atom is 0.321 e. The van der Waals surface area contributed by atoms with E-state index in [-0.39, 0.29) is 17.6 Å². The summed E-state index contributed by atoms with van der Waals surface area (Å²) in [6, 6.07) is 3.05. The molecule has 2 amide bonds. The number of thiazole rings is 1. The van der Waals surface area contributed by atoms with E-state index in [4.69, 9.17) is 0 Å². The van der Waals surface area contributed by atoms with E-state index >= 15 is 0 Å². The number of nitrogens with zero attached hydrogens (tertiary/aromatic N) is 2. The summed E-state index contributed by atoms with van der Waals surface area (Å²) in [4.78, 5) is 46.2. The molecule has 1 atom stereocenters. The maximum absolute atomic E-state index is 12.8.